The van der Waals surface area contributed by atoms with Gasteiger partial charge in [0, 0.05) is 32.1 Å². The van der Waals surface area contributed by atoms with Gasteiger partial charge in [-0.05, 0) is 24.1 Å². The molecule has 0 aliphatic rings. The third-order valence-electron chi connectivity index (χ3n) is 3.23. The Hall–Kier alpha value is -1.63. The molecule has 1 aromatic carbocycles. The van der Waals surface area contributed by atoms with Gasteiger partial charge in [0.1, 0.15) is 18.5 Å². The van der Waals surface area contributed by atoms with Crippen LogP contribution in [0.3, 0.4) is 0 Å². The summed E-state index contributed by atoms with van der Waals surface area (Å²) in [6, 6.07) is 7.92. The molecule has 6 heteroatoms. The molecule has 1 amide bonds. The number of ether oxygens (including phenoxy) is 1. The van der Waals surface area contributed by atoms with Crippen molar-refractivity contribution in [2.75, 3.05) is 26.2 Å². The predicted molar refractivity (Wildman–Crippen MR) is 91.5 cm³/mol. The Bertz CT molecular complexity index is 449. The van der Waals surface area contributed by atoms with Gasteiger partial charge in [-0.3, -0.25) is 4.79 Å². The van der Waals surface area contributed by atoms with Gasteiger partial charge in [-0.25, -0.2) is 0 Å². The molecular weight excluding hydrogens is 294 g/mol. The number of hydrogen-bond acceptors (Lipinski definition) is 5. The fraction of sp³-hybridized carbons (Fsp3) is 0.588. The van der Waals surface area contributed by atoms with Gasteiger partial charge in [-0.1, -0.05) is 26.0 Å². The second kappa shape index (κ2) is 11.0. The topological polar surface area (TPSA) is 96.6 Å². The summed E-state index contributed by atoms with van der Waals surface area (Å²) in [6.07, 6.45) is 0.584. The zero-order valence-electron chi connectivity index (χ0n) is 14.0. The Morgan fingerprint density at radius 2 is 2.00 bits per heavy atom. The van der Waals surface area contributed by atoms with Crippen LogP contribution in [0.5, 0.6) is 5.75 Å². The second-order valence-electron chi connectivity index (χ2n) is 5.81. The molecule has 0 saturated heterocycles. The molecule has 0 aliphatic heterocycles. The maximum Gasteiger partial charge on any atom is 0.220 e. The number of amides is 1. The van der Waals surface area contributed by atoms with Gasteiger partial charge in [-0.2, -0.15) is 0 Å². The van der Waals surface area contributed by atoms with Crippen molar-refractivity contribution in [1.29, 1.82) is 0 Å². The summed E-state index contributed by atoms with van der Waals surface area (Å²) in [5.74, 6) is 0.724. The third kappa shape index (κ3) is 9.18. The Kier molecular flexibility index (Phi) is 9.28. The van der Waals surface area contributed by atoms with Crippen LogP contribution in [0, 0.1) is 0 Å². The summed E-state index contributed by atoms with van der Waals surface area (Å²) < 4.78 is 5.55. The number of aliphatic hydroxyl groups excluding tert-OH is 1. The van der Waals surface area contributed by atoms with Crippen LogP contribution in [0.1, 0.15) is 25.8 Å². The van der Waals surface area contributed by atoms with E-state index in [-0.39, 0.29) is 12.5 Å². The normalized spacial score (nSPS) is 12.2. The minimum atomic E-state index is -0.539. The average Bonchev–Trinajstić information content (AvgIpc) is 2.55. The minimum absolute atomic E-state index is 0.0107. The average molecular weight is 323 g/mol. The van der Waals surface area contributed by atoms with Gasteiger partial charge in [0.25, 0.3) is 0 Å². The van der Waals surface area contributed by atoms with E-state index in [0.29, 0.717) is 44.3 Å². The summed E-state index contributed by atoms with van der Waals surface area (Å²) in [5, 5.41) is 15.7. The SMILES string of the molecule is CC(C)NCC(O)COc1ccc(CCC(=O)NCCN)cc1. The van der Waals surface area contributed by atoms with Crippen LogP contribution < -0.4 is 21.1 Å². The smallest absolute Gasteiger partial charge is 0.220 e. The summed E-state index contributed by atoms with van der Waals surface area (Å²) in [5.41, 5.74) is 6.41. The van der Waals surface area contributed by atoms with Gasteiger partial charge in [0.15, 0.2) is 0 Å². The molecule has 5 N–H and O–H groups in total. The summed E-state index contributed by atoms with van der Waals surface area (Å²) in [6.45, 7) is 5.79. The minimum Gasteiger partial charge on any atom is -0.491 e. The molecule has 1 aromatic rings. The molecule has 23 heavy (non-hydrogen) atoms. The van der Waals surface area contributed by atoms with Gasteiger partial charge < -0.3 is 26.2 Å². The van der Waals surface area contributed by atoms with Crippen molar-refractivity contribution < 1.29 is 14.6 Å². The highest BCUT2D eigenvalue weighted by molar-refractivity contribution is 5.76. The first-order chi connectivity index (χ1) is 11.0. The zero-order chi connectivity index (χ0) is 17.1. The number of carbonyl (C=O) groups excluding carboxylic acids is 1. The monoisotopic (exact) mass is 323 g/mol. The molecule has 0 heterocycles. The van der Waals surface area contributed by atoms with E-state index in [2.05, 4.69) is 10.6 Å². The van der Waals surface area contributed by atoms with E-state index < -0.39 is 6.10 Å². The lowest BCUT2D eigenvalue weighted by molar-refractivity contribution is -0.120. The quantitative estimate of drug-likeness (QED) is 0.474. The molecule has 0 fully saturated rings. The van der Waals surface area contributed by atoms with Gasteiger partial charge in [0.05, 0.1) is 0 Å². The van der Waals surface area contributed by atoms with Crippen molar-refractivity contribution in [1.82, 2.24) is 10.6 Å². The van der Waals surface area contributed by atoms with Crippen LogP contribution in [-0.2, 0) is 11.2 Å². The molecule has 1 atom stereocenters. The Morgan fingerprint density at radius 3 is 2.61 bits per heavy atom. The van der Waals surface area contributed by atoms with Crippen LogP contribution in [0.4, 0.5) is 0 Å². The highest BCUT2D eigenvalue weighted by atomic mass is 16.5. The van der Waals surface area contributed by atoms with Crippen LogP contribution in [0.15, 0.2) is 24.3 Å². The molecule has 1 rings (SSSR count). The van der Waals surface area contributed by atoms with Crippen molar-refractivity contribution in [3.63, 3.8) is 0 Å². The Labute approximate surface area is 138 Å². The van der Waals surface area contributed by atoms with Crippen molar-refractivity contribution in [3.8, 4) is 5.75 Å². The summed E-state index contributed by atoms with van der Waals surface area (Å²) in [4.78, 5) is 11.5. The number of carbonyl (C=O) groups is 1. The van der Waals surface area contributed by atoms with E-state index in [1.165, 1.54) is 0 Å². The lowest BCUT2D eigenvalue weighted by atomic mass is 10.1. The molecule has 0 saturated carbocycles. The molecule has 130 valence electrons. The maximum atomic E-state index is 11.5. The van der Waals surface area contributed by atoms with Gasteiger partial charge in [-0.15, -0.1) is 0 Å². The van der Waals surface area contributed by atoms with Crippen molar-refractivity contribution in [3.05, 3.63) is 29.8 Å². The first-order valence-electron chi connectivity index (χ1n) is 8.11. The van der Waals surface area contributed by atoms with Crippen molar-refractivity contribution in [2.24, 2.45) is 5.73 Å². The van der Waals surface area contributed by atoms with Crippen molar-refractivity contribution in [2.45, 2.75) is 38.8 Å². The highest BCUT2D eigenvalue weighted by Gasteiger charge is 2.06. The number of nitrogens with two attached hydrogens (primary N) is 1. The molecule has 0 bridgehead atoms. The van der Waals surface area contributed by atoms with Crippen LogP contribution in [0.2, 0.25) is 0 Å². The molecular formula is C17H29N3O3. The van der Waals surface area contributed by atoms with Gasteiger partial charge >= 0.3 is 0 Å². The zero-order valence-corrected chi connectivity index (χ0v) is 14.0. The molecule has 0 spiro atoms. The lowest BCUT2D eigenvalue weighted by Crippen LogP contribution is -2.35. The van der Waals surface area contributed by atoms with E-state index in [1.807, 2.05) is 38.1 Å². The van der Waals surface area contributed by atoms with Crippen LogP contribution in [0.25, 0.3) is 0 Å². The Morgan fingerprint density at radius 1 is 1.30 bits per heavy atom. The molecule has 0 aliphatic carbocycles. The fourth-order valence-electron chi connectivity index (χ4n) is 1.93. The highest BCUT2D eigenvalue weighted by Crippen LogP contribution is 2.13. The van der Waals surface area contributed by atoms with E-state index in [1.54, 1.807) is 0 Å². The number of rotatable bonds is 11. The number of hydrogen-bond donors (Lipinski definition) is 4. The fourth-order valence-corrected chi connectivity index (χ4v) is 1.93. The Balaban J connectivity index is 2.29. The number of nitrogens with one attached hydrogen (secondary N) is 2. The van der Waals surface area contributed by atoms with E-state index in [4.69, 9.17) is 10.5 Å². The summed E-state index contributed by atoms with van der Waals surface area (Å²) in [7, 11) is 0. The van der Waals surface area contributed by atoms with E-state index in [0.717, 1.165) is 5.56 Å². The number of benzene rings is 1. The molecule has 0 radical (unpaired) electrons. The molecule has 1 unspecified atom stereocenters. The summed E-state index contributed by atoms with van der Waals surface area (Å²) >= 11 is 0. The van der Waals surface area contributed by atoms with Crippen LogP contribution >= 0.6 is 0 Å². The maximum absolute atomic E-state index is 11.5. The van der Waals surface area contributed by atoms with Crippen LogP contribution in [-0.4, -0.2) is 49.4 Å². The number of aliphatic hydroxyl groups is 1. The van der Waals surface area contributed by atoms with Gasteiger partial charge in [0.2, 0.25) is 5.91 Å². The lowest BCUT2D eigenvalue weighted by Gasteiger charge is -2.15. The second-order valence-corrected chi connectivity index (χ2v) is 5.81. The number of aryl methyl sites for hydroxylation is 1. The third-order valence-corrected chi connectivity index (χ3v) is 3.23. The predicted octanol–water partition coefficient (Wildman–Crippen LogP) is 0.432. The standard InChI is InChI=1S/C17H29N3O3/c1-13(2)20-11-15(21)12-23-16-6-3-14(4-7-16)5-8-17(22)19-10-9-18/h3-4,6-7,13,15,20-21H,5,8-12,18H2,1-2H3,(H,19,22). The van der Waals surface area contributed by atoms with Crippen molar-refractivity contribution >= 4 is 5.91 Å². The molecule has 6 nitrogen and oxygen atoms in total. The largest absolute Gasteiger partial charge is 0.491 e. The van der Waals surface area contributed by atoms with E-state index in [9.17, 15) is 9.90 Å². The molecule has 0 aromatic heterocycles. The first-order valence-corrected chi connectivity index (χ1v) is 8.11. The first kappa shape index (κ1) is 19.4. The van der Waals surface area contributed by atoms with E-state index >= 15 is 0 Å².